The summed E-state index contributed by atoms with van der Waals surface area (Å²) < 4.78 is 68.1. The van der Waals surface area contributed by atoms with Gasteiger partial charge in [-0.25, -0.2) is 9.13 Å². The van der Waals surface area contributed by atoms with E-state index in [4.69, 9.17) is 37.0 Å². The molecule has 510 valence electrons. The molecule has 0 aliphatic heterocycles. The molecule has 0 aliphatic rings. The summed E-state index contributed by atoms with van der Waals surface area (Å²) in [5.41, 5.74) is 0. The Kier molecular flexibility index (Phi) is 55.7. The fourth-order valence-corrected chi connectivity index (χ4v) is 11.5. The van der Waals surface area contributed by atoms with Gasteiger partial charge >= 0.3 is 39.5 Å². The Morgan fingerprint density at radius 2 is 0.558 bits per heavy atom. The van der Waals surface area contributed by atoms with Crippen LogP contribution in [0.4, 0.5) is 0 Å². The second-order valence-corrected chi connectivity index (χ2v) is 28.8. The van der Waals surface area contributed by atoms with Crippen LogP contribution in [0.25, 0.3) is 0 Å². The van der Waals surface area contributed by atoms with Crippen LogP contribution in [0.2, 0.25) is 0 Å². The third-order valence-electron chi connectivity index (χ3n) is 15.7. The van der Waals surface area contributed by atoms with Crippen LogP contribution in [0.15, 0.2) is 0 Å². The molecule has 0 rings (SSSR count). The predicted molar refractivity (Wildman–Crippen MR) is 344 cm³/mol. The van der Waals surface area contributed by atoms with Crippen LogP contribution in [-0.2, 0) is 65.4 Å². The van der Waals surface area contributed by atoms with Crippen molar-refractivity contribution in [2.24, 2.45) is 23.7 Å². The topological polar surface area (TPSA) is 237 Å². The first-order valence-electron chi connectivity index (χ1n) is 34.7. The molecule has 3 N–H and O–H groups in total. The zero-order valence-corrected chi connectivity index (χ0v) is 57.7. The summed E-state index contributed by atoms with van der Waals surface area (Å²) in [4.78, 5) is 72.3. The number of phosphoric ester groups is 2. The maximum atomic E-state index is 13.0. The minimum Gasteiger partial charge on any atom is -0.462 e. The van der Waals surface area contributed by atoms with Gasteiger partial charge in [0.25, 0.3) is 0 Å². The maximum absolute atomic E-state index is 13.0. The van der Waals surface area contributed by atoms with E-state index in [1.807, 2.05) is 0 Å². The fourth-order valence-electron chi connectivity index (χ4n) is 9.93. The molecule has 0 bridgehead atoms. The molecule has 0 aromatic carbocycles. The number of phosphoric acid groups is 2. The molecule has 0 amide bonds. The largest absolute Gasteiger partial charge is 0.472 e. The monoisotopic (exact) mass is 1270 g/mol. The van der Waals surface area contributed by atoms with Crippen LogP contribution < -0.4 is 0 Å². The van der Waals surface area contributed by atoms with E-state index < -0.39 is 97.5 Å². The third kappa shape index (κ3) is 59.7. The SMILES string of the molecule is CCC(C)CCCCCCCCCCCCC(=O)OC[C@H](COP(=O)(O)OCC(O)COP(=O)(O)OC[C@@H](COC(=O)CCCCCCCCCC(C)C)OC(=O)CCCCCCCCC(C)C)OC(=O)CCCCCCCCCCCCC(C)C. The average Bonchev–Trinajstić information content (AvgIpc) is 3.46. The summed E-state index contributed by atoms with van der Waals surface area (Å²) in [6, 6.07) is 0. The molecule has 0 radical (unpaired) electrons. The molecule has 86 heavy (non-hydrogen) atoms. The van der Waals surface area contributed by atoms with Crippen molar-refractivity contribution in [3.05, 3.63) is 0 Å². The molecule has 0 saturated heterocycles. The van der Waals surface area contributed by atoms with Gasteiger partial charge in [-0.2, -0.15) is 0 Å². The lowest BCUT2D eigenvalue weighted by Gasteiger charge is -2.21. The molecule has 0 fully saturated rings. The zero-order chi connectivity index (χ0) is 63.9. The van der Waals surface area contributed by atoms with E-state index in [1.54, 1.807) is 0 Å². The van der Waals surface area contributed by atoms with E-state index >= 15 is 0 Å². The molecule has 0 aromatic heterocycles. The van der Waals surface area contributed by atoms with E-state index in [1.165, 1.54) is 122 Å². The van der Waals surface area contributed by atoms with Crippen molar-refractivity contribution >= 4 is 39.5 Å². The highest BCUT2D eigenvalue weighted by atomic mass is 31.2. The van der Waals surface area contributed by atoms with E-state index in [-0.39, 0.29) is 25.7 Å². The standard InChI is InChI=1S/C67H130O17P2/c1-9-60(8)46-38-30-21-15-11-13-16-22-31-39-47-64(69)77-53-62(83-66(71)49-41-33-23-17-12-10-14-19-27-35-43-57(2)3)55-81-85(73,74)79-51-61(68)52-80-86(75,76)82-56-63(84-67(72)50-42-34-26-25-29-37-45-59(6)7)54-78-65(70)48-40-32-24-18-20-28-36-44-58(4)5/h57-63,68H,9-56H2,1-8H3,(H,73,74)(H,75,76)/t60?,61?,62-,63-/m1/s1. The Balaban J connectivity index is 5.25. The first kappa shape index (κ1) is 84.1. The summed E-state index contributed by atoms with van der Waals surface area (Å²) in [5, 5.41) is 10.6. The fraction of sp³-hybridized carbons (Fsp3) is 0.940. The van der Waals surface area contributed by atoms with E-state index in [0.717, 1.165) is 108 Å². The van der Waals surface area contributed by atoms with Crippen molar-refractivity contribution < 1.29 is 80.2 Å². The van der Waals surface area contributed by atoms with Crippen molar-refractivity contribution in [2.45, 2.75) is 343 Å². The lowest BCUT2D eigenvalue weighted by Crippen LogP contribution is -2.30. The number of carbonyl (C=O) groups excluding carboxylic acids is 4. The summed E-state index contributed by atoms with van der Waals surface area (Å²) in [6.07, 6.45) is 37.7. The number of ether oxygens (including phenoxy) is 4. The first-order valence-corrected chi connectivity index (χ1v) is 37.7. The third-order valence-corrected chi connectivity index (χ3v) is 17.6. The normalized spacial score (nSPS) is 14.7. The highest BCUT2D eigenvalue weighted by Gasteiger charge is 2.30. The zero-order valence-electron chi connectivity index (χ0n) is 55.9. The highest BCUT2D eigenvalue weighted by molar-refractivity contribution is 7.47. The average molecular weight is 1270 g/mol. The number of hydrogen-bond donors (Lipinski definition) is 3. The van der Waals surface area contributed by atoms with Crippen molar-refractivity contribution in [1.82, 2.24) is 0 Å². The molecular weight excluding hydrogens is 1140 g/mol. The van der Waals surface area contributed by atoms with Gasteiger partial charge in [0.15, 0.2) is 12.2 Å². The van der Waals surface area contributed by atoms with Gasteiger partial charge in [-0.3, -0.25) is 37.3 Å². The molecule has 19 heteroatoms. The van der Waals surface area contributed by atoms with E-state index in [9.17, 15) is 43.2 Å². The van der Waals surface area contributed by atoms with E-state index in [0.29, 0.717) is 37.5 Å². The molecule has 0 aliphatic carbocycles. The highest BCUT2D eigenvalue weighted by Crippen LogP contribution is 2.45. The number of carbonyl (C=O) groups is 4. The van der Waals surface area contributed by atoms with E-state index in [2.05, 4.69) is 55.4 Å². The number of hydrogen-bond acceptors (Lipinski definition) is 15. The smallest absolute Gasteiger partial charge is 0.462 e. The Labute approximate surface area is 524 Å². The Morgan fingerprint density at radius 1 is 0.326 bits per heavy atom. The predicted octanol–water partition coefficient (Wildman–Crippen LogP) is 18.5. The molecule has 0 spiro atoms. The van der Waals surface area contributed by atoms with Crippen LogP contribution in [0.1, 0.15) is 325 Å². The van der Waals surface area contributed by atoms with Crippen LogP contribution in [-0.4, -0.2) is 96.7 Å². The van der Waals surface area contributed by atoms with Crippen LogP contribution in [0.5, 0.6) is 0 Å². The number of unbranched alkanes of at least 4 members (excludes halogenated alkanes) is 29. The summed E-state index contributed by atoms with van der Waals surface area (Å²) in [7, 11) is -9.89. The number of aliphatic hydroxyl groups excluding tert-OH is 1. The van der Waals surface area contributed by atoms with Gasteiger partial charge in [0, 0.05) is 25.7 Å². The summed E-state index contributed by atoms with van der Waals surface area (Å²) >= 11 is 0. The number of rotatable bonds is 64. The lowest BCUT2D eigenvalue weighted by atomic mass is 9.99. The van der Waals surface area contributed by atoms with Crippen molar-refractivity contribution in [2.75, 3.05) is 39.6 Å². The van der Waals surface area contributed by atoms with Gasteiger partial charge in [0.05, 0.1) is 26.4 Å². The van der Waals surface area contributed by atoms with Crippen LogP contribution in [0.3, 0.4) is 0 Å². The molecule has 0 saturated carbocycles. The lowest BCUT2D eigenvalue weighted by molar-refractivity contribution is -0.161. The summed E-state index contributed by atoms with van der Waals surface area (Å²) in [5.74, 6) is 0.798. The number of esters is 4. The molecule has 6 atom stereocenters. The van der Waals surface area contributed by atoms with Gasteiger partial charge in [0.2, 0.25) is 0 Å². The van der Waals surface area contributed by atoms with Gasteiger partial charge in [-0.1, -0.05) is 274 Å². The van der Waals surface area contributed by atoms with Crippen LogP contribution in [0, 0.1) is 23.7 Å². The molecule has 0 heterocycles. The quantitative estimate of drug-likeness (QED) is 0.0222. The Hall–Kier alpha value is -1.94. The minimum absolute atomic E-state index is 0.101. The molecule has 4 unspecified atom stereocenters. The molecular formula is C67H130O17P2. The van der Waals surface area contributed by atoms with Crippen molar-refractivity contribution in [3.63, 3.8) is 0 Å². The van der Waals surface area contributed by atoms with Gasteiger partial charge in [-0.05, 0) is 49.4 Å². The Morgan fingerprint density at radius 3 is 0.826 bits per heavy atom. The number of aliphatic hydroxyl groups is 1. The Bertz CT molecular complexity index is 1720. The van der Waals surface area contributed by atoms with Gasteiger partial charge in [-0.15, -0.1) is 0 Å². The van der Waals surface area contributed by atoms with Gasteiger partial charge < -0.3 is 33.8 Å². The van der Waals surface area contributed by atoms with Crippen molar-refractivity contribution in [3.8, 4) is 0 Å². The van der Waals surface area contributed by atoms with Gasteiger partial charge in [0.1, 0.15) is 19.3 Å². The van der Waals surface area contributed by atoms with Crippen molar-refractivity contribution in [1.29, 1.82) is 0 Å². The van der Waals surface area contributed by atoms with Crippen LogP contribution >= 0.6 is 15.6 Å². The summed E-state index contributed by atoms with van der Waals surface area (Å²) in [6.45, 7) is 14.0. The maximum Gasteiger partial charge on any atom is 0.472 e. The second kappa shape index (κ2) is 57.0. The minimum atomic E-state index is -4.95. The molecule has 17 nitrogen and oxygen atoms in total. The second-order valence-electron chi connectivity index (χ2n) is 25.9. The first-order chi connectivity index (χ1) is 41.1. The molecule has 0 aromatic rings.